The summed E-state index contributed by atoms with van der Waals surface area (Å²) in [5.74, 6) is -0.579. The zero-order valence-corrected chi connectivity index (χ0v) is 11.0. The second kappa shape index (κ2) is 6.85. The molecule has 0 fully saturated rings. The van der Waals surface area contributed by atoms with Gasteiger partial charge >= 0.3 is 5.97 Å². The summed E-state index contributed by atoms with van der Waals surface area (Å²) in [4.78, 5) is 10.9. The van der Waals surface area contributed by atoms with Gasteiger partial charge in [-0.15, -0.1) is 0 Å². The molecule has 1 atom stereocenters. The van der Waals surface area contributed by atoms with Gasteiger partial charge in [-0.05, 0) is 20.8 Å². The predicted molar refractivity (Wildman–Crippen MR) is 61.0 cm³/mol. The fourth-order valence-electron chi connectivity index (χ4n) is 1.05. The molecule has 0 saturated heterocycles. The Morgan fingerprint density at radius 2 is 1.81 bits per heavy atom. The maximum atomic E-state index is 11.7. The molecular formula is C10H20O5S. The summed E-state index contributed by atoms with van der Waals surface area (Å²) in [6.45, 7) is 5.34. The molecule has 0 N–H and O–H groups in total. The molecule has 0 saturated carbocycles. The highest BCUT2D eigenvalue weighted by Gasteiger charge is 2.23. The van der Waals surface area contributed by atoms with Crippen molar-refractivity contribution in [3.05, 3.63) is 0 Å². The first kappa shape index (κ1) is 15.4. The van der Waals surface area contributed by atoms with Crippen LogP contribution in [0.1, 0.15) is 27.2 Å². The number of sulfone groups is 1. The molecule has 0 aromatic carbocycles. The highest BCUT2D eigenvalue weighted by atomic mass is 32.2. The van der Waals surface area contributed by atoms with Crippen LogP contribution in [0.3, 0.4) is 0 Å². The van der Waals surface area contributed by atoms with Crippen LogP contribution in [0, 0.1) is 0 Å². The minimum Gasteiger partial charge on any atom is -0.469 e. The lowest BCUT2D eigenvalue weighted by atomic mass is 10.3. The van der Waals surface area contributed by atoms with Crippen LogP contribution in [0.25, 0.3) is 0 Å². The van der Waals surface area contributed by atoms with Gasteiger partial charge in [0.15, 0.2) is 9.84 Å². The van der Waals surface area contributed by atoms with E-state index < -0.39 is 21.1 Å². The van der Waals surface area contributed by atoms with Gasteiger partial charge in [-0.25, -0.2) is 8.42 Å². The Hall–Kier alpha value is -0.620. The first-order valence-electron chi connectivity index (χ1n) is 5.19. The first-order chi connectivity index (χ1) is 7.29. The molecule has 0 aliphatic carbocycles. The zero-order valence-electron chi connectivity index (χ0n) is 10.2. The molecule has 0 spiro atoms. The van der Waals surface area contributed by atoms with Crippen molar-refractivity contribution in [3.63, 3.8) is 0 Å². The molecule has 96 valence electrons. The van der Waals surface area contributed by atoms with Crippen LogP contribution < -0.4 is 0 Å². The van der Waals surface area contributed by atoms with Gasteiger partial charge in [0, 0.05) is 0 Å². The Morgan fingerprint density at radius 3 is 2.25 bits per heavy atom. The topological polar surface area (TPSA) is 69.7 Å². The van der Waals surface area contributed by atoms with E-state index in [2.05, 4.69) is 4.74 Å². The standard InChI is InChI=1S/C10H20O5S/c1-8(2)15-5-6-16(12,13)9(3)7-10(11)14-4/h8-9H,5-7H2,1-4H3. The maximum Gasteiger partial charge on any atom is 0.306 e. The largest absolute Gasteiger partial charge is 0.469 e. The monoisotopic (exact) mass is 252 g/mol. The molecule has 16 heavy (non-hydrogen) atoms. The molecule has 6 heteroatoms. The van der Waals surface area contributed by atoms with E-state index in [9.17, 15) is 13.2 Å². The number of hydrogen-bond donors (Lipinski definition) is 0. The van der Waals surface area contributed by atoms with E-state index in [-0.39, 0.29) is 24.9 Å². The Morgan fingerprint density at radius 1 is 1.25 bits per heavy atom. The van der Waals surface area contributed by atoms with Crippen molar-refractivity contribution in [1.29, 1.82) is 0 Å². The molecule has 0 amide bonds. The highest BCUT2D eigenvalue weighted by molar-refractivity contribution is 7.92. The molecule has 0 bridgehead atoms. The van der Waals surface area contributed by atoms with Crippen molar-refractivity contribution in [2.75, 3.05) is 19.5 Å². The third-order valence-corrected chi connectivity index (χ3v) is 4.24. The van der Waals surface area contributed by atoms with Crippen LogP contribution in [-0.2, 0) is 24.1 Å². The normalized spacial score (nSPS) is 13.8. The summed E-state index contributed by atoms with van der Waals surface area (Å²) in [7, 11) is -2.05. The lowest BCUT2D eigenvalue weighted by Gasteiger charge is -2.12. The number of carbonyl (C=O) groups is 1. The van der Waals surface area contributed by atoms with Crippen LogP contribution in [0.4, 0.5) is 0 Å². The van der Waals surface area contributed by atoms with Crippen molar-refractivity contribution in [1.82, 2.24) is 0 Å². The van der Waals surface area contributed by atoms with E-state index in [4.69, 9.17) is 4.74 Å². The second-order valence-electron chi connectivity index (χ2n) is 3.88. The Balaban J connectivity index is 4.16. The van der Waals surface area contributed by atoms with Gasteiger partial charge in [0.05, 0.1) is 37.2 Å². The number of esters is 1. The third kappa shape index (κ3) is 6.07. The molecule has 0 aromatic heterocycles. The number of carbonyl (C=O) groups excluding carboxylic acids is 1. The third-order valence-electron chi connectivity index (χ3n) is 2.11. The van der Waals surface area contributed by atoms with Gasteiger partial charge in [0.1, 0.15) is 0 Å². The summed E-state index contributed by atoms with van der Waals surface area (Å²) in [5.41, 5.74) is 0. The number of rotatable bonds is 7. The minimum absolute atomic E-state index is 0.00566. The fourth-order valence-corrected chi connectivity index (χ4v) is 2.17. The molecule has 1 unspecified atom stereocenters. The molecule has 0 aliphatic heterocycles. The van der Waals surface area contributed by atoms with Crippen LogP contribution in [0.5, 0.6) is 0 Å². The summed E-state index contributed by atoms with van der Waals surface area (Å²) in [6.07, 6.45) is -0.105. The summed E-state index contributed by atoms with van der Waals surface area (Å²) in [5, 5.41) is -0.726. The molecule has 0 aromatic rings. The van der Waals surface area contributed by atoms with E-state index in [0.717, 1.165) is 0 Å². The van der Waals surface area contributed by atoms with Crippen LogP contribution in [0.2, 0.25) is 0 Å². The average Bonchev–Trinajstić information content (AvgIpc) is 2.16. The van der Waals surface area contributed by atoms with E-state index in [1.54, 1.807) is 0 Å². The molecular weight excluding hydrogens is 232 g/mol. The van der Waals surface area contributed by atoms with Crippen molar-refractivity contribution >= 4 is 15.8 Å². The van der Waals surface area contributed by atoms with Crippen molar-refractivity contribution in [2.45, 2.75) is 38.5 Å². The summed E-state index contributed by atoms with van der Waals surface area (Å²) >= 11 is 0. The SMILES string of the molecule is COC(=O)CC(C)S(=O)(=O)CCOC(C)C. The molecule has 0 aliphatic rings. The quantitative estimate of drug-likeness (QED) is 0.626. The molecule has 5 nitrogen and oxygen atoms in total. The first-order valence-corrected chi connectivity index (χ1v) is 6.91. The smallest absolute Gasteiger partial charge is 0.306 e. The van der Waals surface area contributed by atoms with Crippen LogP contribution in [0.15, 0.2) is 0 Å². The van der Waals surface area contributed by atoms with Gasteiger partial charge in [0.25, 0.3) is 0 Å². The Bertz CT molecular complexity index is 307. The van der Waals surface area contributed by atoms with E-state index in [1.165, 1.54) is 14.0 Å². The van der Waals surface area contributed by atoms with E-state index in [1.807, 2.05) is 13.8 Å². The Labute approximate surface area is 97.0 Å². The number of hydrogen-bond acceptors (Lipinski definition) is 5. The van der Waals surface area contributed by atoms with Gasteiger partial charge < -0.3 is 9.47 Å². The van der Waals surface area contributed by atoms with Gasteiger partial charge in [-0.2, -0.15) is 0 Å². The molecule has 0 radical (unpaired) electrons. The maximum absolute atomic E-state index is 11.7. The van der Waals surface area contributed by atoms with Gasteiger partial charge in [-0.1, -0.05) is 0 Å². The van der Waals surface area contributed by atoms with Crippen LogP contribution in [-0.4, -0.2) is 45.2 Å². The average molecular weight is 252 g/mol. The van der Waals surface area contributed by atoms with Crippen molar-refractivity contribution in [3.8, 4) is 0 Å². The Kier molecular flexibility index (Phi) is 6.59. The van der Waals surface area contributed by atoms with E-state index >= 15 is 0 Å². The zero-order chi connectivity index (χ0) is 12.8. The summed E-state index contributed by atoms with van der Waals surface area (Å²) in [6, 6.07) is 0. The summed E-state index contributed by atoms with van der Waals surface area (Å²) < 4.78 is 32.9. The van der Waals surface area contributed by atoms with Crippen molar-refractivity contribution < 1.29 is 22.7 Å². The van der Waals surface area contributed by atoms with Crippen molar-refractivity contribution in [2.24, 2.45) is 0 Å². The number of methoxy groups -OCH3 is 1. The van der Waals surface area contributed by atoms with Gasteiger partial charge in [-0.3, -0.25) is 4.79 Å². The van der Waals surface area contributed by atoms with Crippen LogP contribution >= 0.6 is 0 Å². The molecule has 0 heterocycles. The van der Waals surface area contributed by atoms with E-state index in [0.29, 0.717) is 0 Å². The predicted octanol–water partition coefficient (Wildman–Crippen LogP) is 0.778. The highest BCUT2D eigenvalue weighted by Crippen LogP contribution is 2.08. The number of ether oxygens (including phenoxy) is 2. The second-order valence-corrected chi connectivity index (χ2v) is 6.42. The lowest BCUT2D eigenvalue weighted by molar-refractivity contribution is -0.140. The fraction of sp³-hybridized carbons (Fsp3) is 0.900. The minimum atomic E-state index is -3.29. The lowest BCUT2D eigenvalue weighted by Crippen LogP contribution is -2.27. The van der Waals surface area contributed by atoms with Gasteiger partial charge in [0.2, 0.25) is 0 Å². The molecule has 0 rings (SSSR count).